The number of hydrogen-bond acceptors (Lipinski definition) is 5. The highest BCUT2D eigenvalue weighted by atomic mass is 16.5. The van der Waals surface area contributed by atoms with Gasteiger partial charge in [-0.2, -0.15) is 0 Å². The van der Waals surface area contributed by atoms with Crippen LogP contribution in [0.5, 0.6) is 0 Å². The fourth-order valence-corrected chi connectivity index (χ4v) is 1.26. The van der Waals surface area contributed by atoms with E-state index in [2.05, 4.69) is 10.7 Å². The molecule has 1 fully saturated rings. The maximum atomic E-state index is 11.3. The molecule has 0 aliphatic carbocycles. The predicted octanol–water partition coefficient (Wildman–Crippen LogP) is -1.41. The number of ether oxygens (including phenoxy) is 2. The van der Waals surface area contributed by atoms with E-state index in [0.717, 1.165) is 26.3 Å². The first-order chi connectivity index (χ1) is 7.33. The number of nitrogens with one attached hydrogen (secondary N) is 2. The molecule has 6 heteroatoms. The second-order valence-electron chi connectivity index (χ2n) is 3.28. The van der Waals surface area contributed by atoms with E-state index in [1.54, 1.807) is 7.11 Å². The normalized spacial score (nSPS) is 17.7. The van der Waals surface area contributed by atoms with Crippen LogP contribution in [0.15, 0.2) is 0 Å². The van der Waals surface area contributed by atoms with Crippen molar-refractivity contribution in [1.29, 1.82) is 0 Å². The third kappa shape index (κ3) is 5.68. The van der Waals surface area contributed by atoms with E-state index >= 15 is 0 Å². The summed E-state index contributed by atoms with van der Waals surface area (Å²) in [4.78, 5) is 11.3. The Hall–Kier alpha value is -0.690. The van der Waals surface area contributed by atoms with Gasteiger partial charge in [0, 0.05) is 26.7 Å². The maximum absolute atomic E-state index is 11.3. The molecule has 2 N–H and O–H groups in total. The molecule has 0 unspecified atom stereocenters. The van der Waals surface area contributed by atoms with Crippen LogP contribution in [0.25, 0.3) is 0 Å². The van der Waals surface area contributed by atoms with E-state index in [1.807, 2.05) is 5.01 Å². The van der Waals surface area contributed by atoms with Gasteiger partial charge in [0.15, 0.2) is 0 Å². The van der Waals surface area contributed by atoms with Crippen LogP contribution in [0, 0.1) is 0 Å². The monoisotopic (exact) mass is 217 g/mol. The van der Waals surface area contributed by atoms with Crippen molar-refractivity contribution in [2.75, 3.05) is 53.1 Å². The van der Waals surface area contributed by atoms with Gasteiger partial charge in [-0.1, -0.05) is 0 Å². The summed E-state index contributed by atoms with van der Waals surface area (Å²) in [5.41, 5.74) is 3.05. The average molecular weight is 217 g/mol. The van der Waals surface area contributed by atoms with Crippen LogP contribution in [0.3, 0.4) is 0 Å². The van der Waals surface area contributed by atoms with Gasteiger partial charge in [0.05, 0.1) is 26.4 Å². The van der Waals surface area contributed by atoms with Gasteiger partial charge in [-0.25, -0.2) is 10.4 Å². The summed E-state index contributed by atoms with van der Waals surface area (Å²) in [5.74, 6) is -0.0152. The lowest BCUT2D eigenvalue weighted by molar-refractivity contribution is -0.121. The highest BCUT2D eigenvalue weighted by molar-refractivity contribution is 5.77. The molecule has 0 aromatic carbocycles. The SMILES string of the molecule is COCCNC(=O)CNN1CCOCC1. The number of carbonyl (C=O) groups excluding carboxylic acids is 1. The summed E-state index contributed by atoms with van der Waals surface area (Å²) in [6.45, 7) is 4.50. The minimum atomic E-state index is -0.0152. The topological polar surface area (TPSA) is 62.8 Å². The molecule has 0 saturated carbocycles. The van der Waals surface area contributed by atoms with Crippen molar-refractivity contribution in [2.45, 2.75) is 0 Å². The quantitative estimate of drug-likeness (QED) is 0.535. The Balaban J connectivity index is 2.00. The third-order valence-corrected chi connectivity index (χ3v) is 2.10. The molecule has 0 aromatic rings. The minimum Gasteiger partial charge on any atom is -0.383 e. The van der Waals surface area contributed by atoms with Crippen LogP contribution in [0.2, 0.25) is 0 Å². The molecule has 15 heavy (non-hydrogen) atoms. The Morgan fingerprint density at radius 3 is 2.87 bits per heavy atom. The molecule has 6 nitrogen and oxygen atoms in total. The smallest absolute Gasteiger partial charge is 0.235 e. The van der Waals surface area contributed by atoms with Gasteiger partial charge >= 0.3 is 0 Å². The van der Waals surface area contributed by atoms with Crippen molar-refractivity contribution < 1.29 is 14.3 Å². The number of carbonyl (C=O) groups is 1. The zero-order valence-corrected chi connectivity index (χ0v) is 9.12. The molecule has 1 amide bonds. The van der Waals surface area contributed by atoms with E-state index in [4.69, 9.17) is 9.47 Å². The van der Waals surface area contributed by atoms with Crippen LogP contribution >= 0.6 is 0 Å². The van der Waals surface area contributed by atoms with Gasteiger partial charge in [0.25, 0.3) is 0 Å². The van der Waals surface area contributed by atoms with Crippen molar-refractivity contribution in [1.82, 2.24) is 15.8 Å². The zero-order chi connectivity index (χ0) is 10.9. The second kappa shape index (κ2) is 7.58. The zero-order valence-electron chi connectivity index (χ0n) is 9.12. The lowest BCUT2D eigenvalue weighted by Crippen LogP contribution is -2.49. The Morgan fingerprint density at radius 2 is 2.20 bits per heavy atom. The number of morpholine rings is 1. The molecular formula is C9H19N3O3. The molecule has 1 aliphatic rings. The van der Waals surface area contributed by atoms with Crippen LogP contribution in [0.4, 0.5) is 0 Å². The van der Waals surface area contributed by atoms with Crippen LogP contribution in [-0.2, 0) is 14.3 Å². The molecular weight excluding hydrogens is 198 g/mol. The van der Waals surface area contributed by atoms with Crippen LogP contribution in [-0.4, -0.2) is 64.0 Å². The summed E-state index contributed by atoms with van der Waals surface area (Å²) in [6.07, 6.45) is 0. The Kier molecular flexibility index (Phi) is 6.26. The van der Waals surface area contributed by atoms with E-state index < -0.39 is 0 Å². The summed E-state index contributed by atoms with van der Waals surface area (Å²) in [5, 5.41) is 4.74. The summed E-state index contributed by atoms with van der Waals surface area (Å²) < 4.78 is 10.0. The number of hydrogen-bond donors (Lipinski definition) is 2. The molecule has 0 spiro atoms. The van der Waals surface area contributed by atoms with Crippen molar-refractivity contribution >= 4 is 5.91 Å². The van der Waals surface area contributed by atoms with E-state index in [-0.39, 0.29) is 5.91 Å². The predicted molar refractivity (Wildman–Crippen MR) is 55.3 cm³/mol. The maximum Gasteiger partial charge on any atom is 0.235 e. The number of rotatable bonds is 6. The molecule has 88 valence electrons. The molecule has 1 saturated heterocycles. The van der Waals surface area contributed by atoms with E-state index in [9.17, 15) is 4.79 Å². The summed E-state index contributed by atoms with van der Waals surface area (Å²) in [7, 11) is 1.61. The minimum absolute atomic E-state index is 0.0152. The van der Waals surface area contributed by atoms with Crippen molar-refractivity contribution in [2.24, 2.45) is 0 Å². The molecule has 0 bridgehead atoms. The summed E-state index contributed by atoms with van der Waals surface area (Å²) in [6, 6.07) is 0. The molecule has 0 atom stereocenters. The van der Waals surface area contributed by atoms with Crippen LogP contribution in [0.1, 0.15) is 0 Å². The second-order valence-corrected chi connectivity index (χ2v) is 3.28. The van der Waals surface area contributed by atoms with Crippen LogP contribution < -0.4 is 10.7 Å². The van der Waals surface area contributed by atoms with Gasteiger partial charge in [-0.3, -0.25) is 4.79 Å². The fourth-order valence-electron chi connectivity index (χ4n) is 1.26. The average Bonchev–Trinajstić information content (AvgIpc) is 2.28. The molecule has 0 radical (unpaired) electrons. The molecule has 1 rings (SSSR count). The largest absolute Gasteiger partial charge is 0.383 e. The van der Waals surface area contributed by atoms with Crippen molar-refractivity contribution in [3.63, 3.8) is 0 Å². The first kappa shape index (κ1) is 12.4. The molecule has 0 aromatic heterocycles. The Morgan fingerprint density at radius 1 is 1.47 bits per heavy atom. The lowest BCUT2D eigenvalue weighted by Gasteiger charge is -2.26. The van der Waals surface area contributed by atoms with Gasteiger partial charge < -0.3 is 14.8 Å². The number of methoxy groups -OCH3 is 1. The highest BCUT2D eigenvalue weighted by Crippen LogP contribution is 1.91. The van der Waals surface area contributed by atoms with Gasteiger partial charge in [-0.15, -0.1) is 0 Å². The Labute approximate surface area is 89.9 Å². The van der Waals surface area contributed by atoms with Gasteiger partial charge in [-0.05, 0) is 0 Å². The first-order valence-electron chi connectivity index (χ1n) is 5.15. The fraction of sp³-hybridized carbons (Fsp3) is 0.889. The first-order valence-corrected chi connectivity index (χ1v) is 5.15. The number of amides is 1. The van der Waals surface area contributed by atoms with Gasteiger partial charge in [0.2, 0.25) is 5.91 Å². The van der Waals surface area contributed by atoms with E-state index in [0.29, 0.717) is 19.7 Å². The van der Waals surface area contributed by atoms with Crippen molar-refractivity contribution in [3.05, 3.63) is 0 Å². The number of nitrogens with zero attached hydrogens (tertiary/aromatic N) is 1. The van der Waals surface area contributed by atoms with Gasteiger partial charge in [0.1, 0.15) is 0 Å². The lowest BCUT2D eigenvalue weighted by atomic mass is 10.5. The molecule has 1 heterocycles. The standard InChI is InChI=1S/C9H19N3O3/c1-14-5-2-10-9(13)8-11-12-3-6-15-7-4-12/h11H,2-8H2,1H3,(H,10,13). The Bertz CT molecular complexity index is 183. The third-order valence-electron chi connectivity index (χ3n) is 2.10. The van der Waals surface area contributed by atoms with E-state index in [1.165, 1.54) is 0 Å². The van der Waals surface area contributed by atoms with Crippen molar-refractivity contribution in [3.8, 4) is 0 Å². The number of hydrazine groups is 1. The summed E-state index contributed by atoms with van der Waals surface area (Å²) >= 11 is 0. The highest BCUT2D eigenvalue weighted by Gasteiger charge is 2.10. The molecule has 1 aliphatic heterocycles.